The maximum atomic E-state index is 12.1. The van der Waals surface area contributed by atoms with E-state index in [0.717, 1.165) is 38.9 Å². The van der Waals surface area contributed by atoms with Gasteiger partial charge in [0.1, 0.15) is 0 Å². The minimum absolute atomic E-state index is 0.0186. The molecule has 0 saturated carbocycles. The van der Waals surface area contributed by atoms with E-state index < -0.39 is 22.2 Å². The number of carbonyl (C=O) groups is 1. The smallest absolute Gasteiger partial charge is 0.475 e. The van der Waals surface area contributed by atoms with Gasteiger partial charge in [-0.2, -0.15) is 17.5 Å². The molecule has 3 rings (SSSR count). The van der Waals surface area contributed by atoms with Gasteiger partial charge in [-0.25, -0.2) is 13.2 Å². The third-order valence-electron chi connectivity index (χ3n) is 5.64. The molecule has 1 unspecified atom stereocenters. The van der Waals surface area contributed by atoms with Gasteiger partial charge in [0.2, 0.25) is 10.0 Å². The topological polar surface area (TPSA) is 100 Å². The second-order valence-electron chi connectivity index (χ2n) is 8.06. The van der Waals surface area contributed by atoms with E-state index in [1.807, 2.05) is 12.3 Å². The van der Waals surface area contributed by atoms with Crippen molar-refractivity contribution in [2.75, 3.05) is 39.6 Å². The molecule has 1 atom stereocenters. The van der Waals surface area contributed by atoms with E-state index >= 15 is 0 Å². The Hall–Kier alpha value is -1.76. The number of alkyl halides is 3. The van der Waals surface area contributed by atoms with Gasteiger partial charge < -0.3 is 9.84 Å². The number of hydrogen-bond donors (Lipinski definition) is 1. The van der Waals surface area contributed by atoms with Gasteiger partial charge in [-0.05, 0) is 49.4 Å². The van der Waals surface area contributed by atoms with Crippen molar-refractivity contribution in [1.29, 1.82) is 0 Å². The van der Waals surface area contributed by atoms with Crippen LogP contribution in [-0.2, 0) is 26.1 Å². The van der Waals surface area contributed by atoms with Gasteiger partial charge in [-0.15, -0.1) is 0 Å². The average Bonchev–Trinajstić information content (AvgIpc) is 3.03. The molecule has 0 amide bonds. The van der Waals surface area contributed by atoms with Crippen molar-refractivity contribution >= 4 is 16.0 Å². The molecule has 8 nitrogen and oxygen atoms in total. The number of piperidine rings is 1. The van der Waals surface area contributed by atoms with Crippen LogP contribution in [0.1, 0.15) is 24.8 Å². The van der Waals surface area contributed by atoms with E-state index in [-0.39, 0.29) is 11.5 Å². The van der Waals surface area contributed by atoms with Crippen molar-refractivity contribution in [1.82, 2.24) is 14.2 Å². The first-order valence-corrected chi connectivity index (χ1v) is 11.6. The van der Waals surface area contributed by atoms with Gasteiger partial charge in [0.05, 0.1) is 12.9 Å². The Morgan fingerprint density at radius 1 is 1.35 bits per heavy atom. The number of hydrogen-bond acceptors (Lipinski definition) is 6. The maximum Gasteiger partial charge on any atom is 0.490 e. The Bertz CT molecular complexity index is 828. The number of carboxylic acids is 1. The largest absolute Gasteiger partial charge is 0.490 e. The van der Waals surface area contributed by atoms with E-state index in [9.17, 15) is 21.6 Å². The minimum atomic E-state index is -5.08. The summed E-state index contributed by atoms with van der Waals surface area (Å²) in [6, 6.07) is 4.05. The lowest BCUT2D eigenvalue weighted by molar-refractivity contribution is -0.192. The highest BCUT2D eigenvalue weighted by atomic mass is 32.2. The molecular weight excluding hydrogens is 439 g/mol. The summed E-state index contributed by atoms with van der Waals surface area (Å²) in [6.45, 7) is 4.05. The molecule has 2 fully saturated rings. The normalized spacial score (nSPS) is 22.2. The molecule has 1 aromatic rings. The van der Waals surface area contributed by atoms with Crippen molar-refractivity contribution in [3.63, 3.8) is 0 Å². The van der Waals surface area contributed by atoms with Gasteiger partial charge in [0, 0.05) is 38.6 Å². The molecule has 0 aromatic carbocycles. The minimum Gasteiger partial charge on any atom is -0.475 e. The summed E-state index contributed by atoms with van der Waals surface area (Å²) >= 11 is 0. The average molecular weight is 468 g/mol. The first-order chi connectivity index (χ1) is 14.4. The van der Waals surface area contributed by atoms with Crippen LogP contribution in [0.2, 0.25) is 0 Å². The predicted molar refractivity (Wildman–Crippen MR) is 107 cm³/mol. The lowest BCUT2D eigenvalue weighted by Crippen LogP contribution is -2.42. The van der Waals surface area contributed by atoms with Crippen LogP contribution < -0.4 is 0 Å². The van der Waals surface area contributed by atoms with Crippen LogP contribution in [0.15, 0.2) is 24.5 Å². The van der Waals surface area contributed by atoms with Crippen LogP contribution in [0.5, 0.6) is 0 Å². The molecule has 1 N–H and O–H groups in total. The van der Waals surface area contributed by atoms with Crippen LogP contribution in [0, 0.1) is 5.41 Å². The van der Waals surface area contributed by atoms with E-state index in [2.05, 4.69) is 16.0 Å². The fraction of sp³-hybridized carbons (Fsp3) is 0.684. The maximum absolute atomic E-state index is 12.1. The Morgan fingerprint density at radius 3 is 2.42 bits per heavy atom. The molecule has 2 aliphatic heterocycles. The van der Waals surface area contributed by atoms with Gasteiger partial charge >= 0.3 is 12.1 Å². The molecule has 2 aliphatic rings. The number of sulfonamides is 1. The highest BCUT2D eigenvalue weighted by molar-refractivity contribution is 7.88. The number of pyridine rings is 1. The standard InChI is InChI=1S/C17H27N3O3S.C2HF3O2/c1-23-13-16-10-17(14-20(16)24(2,21)22)5-8-19(9-6-17)12-15-4-3-7-18-11-15;3-2(4,5)1(6)7/h3-4,7,11,16H,5-6,8-10,12-14H2,1-2H3;(H,6,7). The van der Waals surface area contributed by atoms with Crippen LogP contribution in [0.25, 0.3) is 0 Å². The molecule has 3 heterocycles. The lowest BCUT2D eigenvalue weighted by Gasteiger charge is -2.39. The molecule has 0 bridgehead atoms. The summed E-state index contributed by atoms with van der Waals surface area (Å²) in [5.41, 5.74) is 1.34. The predicted octanol–water partition coefficient (Wildman–Crippen LogP) is 1.98. The van der Waals surface area contributed by atoms with Crippen LogP contribution >= 0.6 is 0 Å². The summed E-state index contributed by atoms with van der Waals surface area (Å²) in [4.78, 5) is 15.5. The summed E-state index contributed by atoms with van der Waals surface area (Å²) in [6.07, 6.45) is 2.93. The Balaban J connectivity index is 0.000000423. The molecule has 0 radical (unpaired) electrons. The molecule has 176 valence electrons. The molecule has 0 aliphatic carbocycles. The zero-order valence-corrected chi connectivity index (χ0v) is 18.3. The number of rotatable bonds is 5. The second kappa shape index (κ2) is 10.2. The van der Waals surface area contributed by atoms with Gasteiger partial charge in [0.25, 0.3) is 0 Å². The van der Waals surface area contributed by atoms with Crippen molar-refractivity contribution in [2.45, 2.75) is 38.0 Å². The zero-order valence-electron chi connectivity index (χ0n) is 17.5. The Kier molecular flexibility index (Phi) is 8.42. The van der Waals surface area contributed by atoms with E-state index in [1.165, 1.54) is 11.8 Å². The molecule has 12 heteroatoms. The number of aliphatic carboxylic acids is 1. The number of halogens is 3. The highest BCUT2D eigenvalue weighted by Crippen LogP contribution is 2.44. The number of ether oxygens (including phenoxy) is 1. The van der Waals surface area contributed by atoms with Crippen LogP contribution in [0.3, 0.4) is 0 Å². The van der Waals surface area contributed by atoms with Crippen molar-refractivity contribution < 1.29 is 36.2 Å². The molecule has 2 saturated heterocycles. The third-order valence-corrected chi connectivity index (χ3v) is 6.92. The van der Waals surface area contributed by atoms with Crippen molar-refractivity contribution in [3.05, 3.63) is 30.1 Å². The fourth-order valence-electron chi connectivity index (χ4n) is 4.15. The molecular formula is C19H28F3N3O5S. The SMILES string of the molecule is COCC1CC2(CCN(Cc3cccnc3)CC2)CN1S(C)(=O)=O.O=C(O)C(F)(F)F. The van der Waals surface area contributed by atoms with E-state index in [4.69, 9.17) is 14.6 Å². The monoisotopic (exact) mass is 467 g/mol. The second-order valence-corrected chi connectivity index (χ2v) is 10.00. The van der Waals surface area contributed by atoms with Crippen LogP contribution in [-0.4, -0.2) is 85.5 Å². The molecule has 1 aromatic heterocycles. The molecule has 31 heavy (non-hydrogen) atoms. The van der Waals surface area contributed by atoms with Gasteiger partial charge in [-0.1, -0.05) is 6.07 Å². The molecule has 1 spiro atoms. The number of nitrogens with zero attached hydrogens (tertiary/aromatic N) is 3. The third kappa shape index (κ3) is 7.41. The summed E-state index contributed by atoms with van der Waals surface area (Å²) in [7, 11) is -1.54. The fourth-order valence-corrected chi connectivity index (χ4v) is 5.33. The van der Waals surface area contributed by atoms with Crippen LogP contribution in [0.4, 0.5) is 13.2 Å². The number of likely N-dealkylation sites (tertiary alicyclic amines) is 1. The Labute approximate surface area is 180 Å². The summed E-state index contributed by atoms with van der Waals surface area (Å²) in [5.74, 6) is -2.76. The number of methoxy groups -OCH3 is 1. The zero-order chi connectivity index (χ0) is 23.3. The van der Waals surface area contributed by atoms with Gasteiger partial charge in [-0.3, -0.25) is 9.88 Å². The van der Waals surface area contributed by atoms with Gasteiger partial charge in [0.15, 0.2) is 0 Å². The first kappa shape index (κ1) is 25.5. The van der Waals surface area contributed by atoms with E-state index in [1.54, 1.807) is 17.6 Å². The lowest BCUT2D eigenvalue weighted by atomic mass is 9.76. The summed E-state index contributed by atoms with van der Waals surface area (Å²) in [5, 5.41) is 7.12. The quantitative estimate of drug-likeness (QED) is 0.707. The number of carboxylic acid groups (broad SMARTS) is 1. The summed E-state index contributed by atoms with van der Waals surface area (Å²) < 4.78 is 62.9. The van der Waals surface area contributed by atoms with Crippen molar-refractivity contribution in [3.8, 4) is 0 Å². The van der Waals surface area contributed by atoms with Crippen molar-refractivity contribution in [2.24, 2.45) is 5.41 Å². The first-order valence-electron chi connectivity index (χ1n) is 9.73. The number of aromatic nitrogens is 1. The Morgan fingerprint density at radius 2 is 1.97 bits per heavy atom. The highest BCUT2D eigenvalue weighted by Gasteiger charge is 2.48. The van der Waals surface area contributed by atoms with E-state index in [0.29, 0.717) is 13.2 Å².